The maximum Gasteiger partial charge on any atom is 0.260 e. The fourth-order valence-corrected chi connectivity index (χ4v) is 4.99. The molecule has 0 radical (unpaired) electrons. The van der Waals surface area contributed by atoms with Crippen LogP contribution in [0, 0.1) is 11.6 Å². The number of hydrogen-bond acceptors (Lipinski definition) is 3. The molecule has 0 saturated carbocycles. The number of carbonyl (C=O) groups is 1. The zero-order valence-corrected chi connectivity index (χ0v) is 18.5. The standard InChI is InChI=1S/C25H27F4N3O/c1-18(33)32-24(19-7-3-2-4-8-19,11-5-13-31-14-6-12-25(28,29)17-31)16-23(30-32)21-15-20(26)9-10-22(21)27/h2-4,7-10,15H,5-6,11-14,16-17H2,1H3/t24-/m1/s1. The molecule has 176 valence electrons. The smallest absolute Gasteiger partial charge is 0.260 e. The minimum absolute atomic E-state index is 0.0229. The zero-order valence-electron chi connectivity index (χ0n) is 18.5. The third-order valence-electron chi connectivity index (χ3n) is 6.47. The van der Waals surface area contributed by atoms with Crippen molar-refractivity contribution in [2.45, 2.75) is 50.5 Å². The second kappa shape index (κ2) is 9.25. The Hall–Kier alpha value is -2.74. The second-order valence-corrected chi connectivity index (χ2v) is 8.92. The van der Waals surface area contributed by atoms with Crippen LogP contribution in [0.15, 0.2) is 53.6 Å². The molecule has 0 spiro atoms. The Balaban J connectivity index is 1.63. The predicted octanol–water partition coefficient (Wildman–Crippen LogP) is 5.33. The van der Waals surface area contributed by atoms with Gasteiger partial charge in [0.25, 0.3) is 5.92 Å². The van der Waals surface area contributed by atoms with Crippen molar-refractivity contribution in [1.82, 2.24) is 9.91 Å². The molecule has 2 aliphatic rings. The van der Waals surface area contributed by atoms with Crippen LogP contribution in [0.5, 0.6) is 0 Å². The lowest BCUT2D eigenvalue weighted by molar-refractivity contribution is -0.135. The maximum absolute atomic E-state index is 14.5. The summed E-state index contributed by atoms with van der Waals surface area (Å²) in [6.45, 7) is 2.19. The molecule has 8 heteroatoms. The number of nitrogens with zero attached hydrogens (tertiary/aromatic N) is 3. The van der Waals surface area contributed by atoms with Crippen LogP contribution in [0.4, 0.5) is 17.6 Å². The van der Waals surface area contributed by atoms with Crippen LogP contribution in [0.1, 0.15) is 50.2 Å². The molecule has 33 heavy (non-hydrogen) atoms. The molecule has 4 nitrogen and oxygen atoms in total. The van der Waals surface area contributed by atoms with Crippen molar-refractivity contribution >= 4 is 11.6 Å². The number of hydrazone groups is 1. The van der Waals surface area contributed by atoms with Crippen molar-refractivity contribution < 1.29 is 22.4 Å². The van der Waals surface area contributed by atoms with Crippen LogP contribution in [0.25, 0.3) is 0 Å². The normalized spacial score (nSPS) is 22.9. The fourth-order valence-electron chi connectivity index (χ4n) is 4.99. The fraction of sp³-hybridized carbons (Fsp3) is 0.440. The third-order valence-corrected chi connectivity index (χ3v) is 6.47. The number of benzene rings is 2. The van der Waals surface area contributed by atoms with E-state index in [1.807, 2.05) is 30.3 Å². The Labute approximate surface area is 190 Å². The minimum atomic E-state index is -2.68. The Kier molecular flexibility index (Phi) is 6.56. The Bertz CT molecular complexity index is 1040. The maximum atomic E-state index is 14.5. The van der Waals surface area contributed by atoms with E-state index in [0.717, 1.165) is 23.8 Å². The number of rotatable bonds is 6. The molecule has 2 heterocycles. The number of alkyl halides is 2. The average Bonchev–Trinajstić information content (AvgIpc) is 3.16. The van der Waals surface area contributed by atoms with Crippen LogP contribution >= 0.6 is 0 Å². The molecule has 1 atom stereocenters. The molecule has 2 aromatic carbocycles. The first-order chi connectivity index (χ1) is 15.7. The van der Waals surface area contributed by atoms with Gasteiger partial charge in [0, 0.05) is 25.3 Å². The van der Waals surface area contributed by atoms with Gasteiger partial charge in [-0.05, 0) is 56.1 Å². The molecule has 1 amide bonds. The summed E-state index contributed by atoms with van der Waals surface area (Å²) < 4.78 is 56.1. The molecule has 0 N–H and O–H groups in total. The van der Waals surface area contributed by atoms with Crippen LogP contribution in [0.2, 0.25) is 0 Å². The molecule has 1 fully saturated rings. The van der Waals surface area contributed by atoms with Gasteiger partial charge in [0.05, 0.1) is 17.8 Å². The van der Waals surface area contributed by atoms with E-state index < -0.39 is 23.1 Å². The van der Waals surface area contributed by atoms with Crippen LogP contribution in [-0.4, -0.2) is 47.1 Å². The van der Waals surface area contributed by atoms with Crippen molar-refractivity contribution in [2.75, 3.05) is 19.6 Å². The van der Waals surface area contributed by atoms with Crippen molar-refractivity contribution in [1.29, 1.82) is 0 Å². The number of piperidine rings is 1. The lowest BCUT2D eigenvalue weighted by Crippen LogP contribution is -2.45. The number of hydrogen-bond donors (Lipinski definition) is 0. The monoisotopic (exact) mass is 461 g/mol. The van der Waals surface area contributed by atoms with E-state index >= 15 is 0 Å². The molecular weight excluding hydrogens is 434 g/mol. The Morgan fingerprint density at radius 3 is 2.58 bits per heavy atom. The van der Waals surface area contributed by atoms with E-state index in [9.17, 15) is 22.4 Å². The highest BCUT2D eigenvalue weighted by Crippen LogP contribution is 2.43. The highest BCUT2D eigenvalue weighted by atomic mass is 19.3. The van der Waals surface area contributed by atoms with Gasteiger partial charge in [0.2, 0.25) is 5.91 Å². The van der Waals surface area contributed by atoms with E-state index in [1.54, 1.807) is 4.90 Å². The SMILES string of the molecule is CC(=O)N1N=C(c2cc(F)ccc2F)C[C@]1(CCCN1CCCC(F)(F)C1)c1ccccc1. The van der Waals surface area contributed by atoms with Crippen LogP contribution < -0.4 is 0 Å². The van der Waals surface area contributed by atoms with Gasteiger partial charge in [-0.1, -0.05) is 30.3 Å². The first-order valence-corrected chi connectivity index (χ1v) is 11.2. The molecule has 2 aromatic rings. The number of likely N-dealkylation sites (tertiary alicyclic amines) is 1. The van der Waals surface area contributed by atoms with E-state index in [1.165, 1.54) is 11.9 Å². The van der Waals surface area contributed by atoms with Gasteiger partial charge < -0.3 is 0 Å². The average molecular weight is 462 g/mol. The van der Waals surface area contributed by atoms with Crippen molar-refractivity contribution in [3.05, 3.63) is 71.3 Å². The quantitative estimate of drug-likeness (QED) is 0.546. The van der Waals surface area contributed by atoms with Gasteiger partial charge in [-0.3, -0.25) is 9.69 Å². The van der Waals surface area contributed by atoms with Crippen molar-refractivity contribution in [2.24, 2.45) is 5.10 Å². The van der Waals surface area contributed by atoms with E-state index in [2.05, 4.69) is 5.10 Å². The predicted molar refractivity (Wildman–Crippen MR) is 118 cm³/mol. The number of amides is 1. The summed E-state index contributed by atoms with van der Waals surface area (Å²) in [6, 6.07) is 12.5. The lowest BCUT2D eigenvalue weighted by Gasteiger charge is -2.38. The van der Waals surface area contributed by atoms with Gasteiger partial charge in [-0.25, -0.2) is 22.6 Å². The molecule has 0 aromatic heterocycles. The molecule has 0 unspecified atom stereocenters. The van der Waals surface area contributed by atoms with Crippen molar-refractivity contribution in [3.63, 3.8) is 0 Å². The summed E-state index contributed by atoms with van der Waals surface area (Å²) in [5.74, 6) is -4.21. The Morgan fingerprint density at radius 1 is 1.12 bits per heavy atom. The first kappa shape index (κ1) is 23.4. The molecular formula is C25H27F4N3O. The number of halogens is 4. The summed E-state index contributed by atoms with van der Waals surface area (Å²) in [5.41, 5.74) is 0.226. The first-order valence-electron chi connectivity index (χ1n) is 11.2. The van der Waals surface area contributed by atoms with Crippen molar-refractivity contribution in [3.8, 4) is 0 Å². The summed E-state index contributed by atoms with van der Waals surface area (Å²) in [6.07, 6.45) is 1.55. The van der Waals surface area contributed by atoms with Gasteiger partial charge in [-0.15, -0.1) is 0 Å². The molecule has 0 bridgehead atoms. The number of carbonyl (C=O) groups excluding carboxylic acids is 1. The summed E-state index contributed by atoms with van der Waals surface area (Å²) in [4.78, 5) is 14.4. The minimum Gasteiger partial charge on any atom is -0.297 e. The molecule has 0 aliphatic carbocycles. The van der Waals surface area contributed by atoms with E-state index in [-0.39, 0.29) is 36.6 Å². The largest absolute Gasteiger partial charge is 0.297 e. The zero-order chi connectivity index (χ0) is 23.6. The molecule has 4 rings (SSSR count). The van der Waals surface area contributed by atoms with Gasteiger partial charge in [0.1, 0.15) is 11.6 Å². The summed E-state index contributed by atoms with van der Waals surface area (Å²) in [7, 11) is 0. The molecule has 2 aliphatic heterocycles. The third kappa shape index (κ3) is 4.95. The second-order valence-electron chi connectivity index (χ2n) is 8.92. The van der Waals surface area contributed by atoms with E-state index in [4.69, 9.17) is 0 Å². The highest BCUT2D eigenvalue weighted by molar-refractivity contribution is 6.03. The van der Waals surface area contributed by atoms with Crippen LogP contribution in [-0.2, 0) is 10.3 Å². The highest BCUT2D eigenvalue weighted by Gasteiger charge is 2.46. The molecule has 1 saturated heterocycles. The topological polar surface area (TPSA) is 35.9 Å². The van der Waals surface area contributed by atoms with Gasteiger partial charge in [0.15, 0.2) is 0 Å². The summed E-state index contributed by atoms with van der Waals surface area (Å²) in [5, 5.41) is 5.79. The summed E-state index contributed by atoms with van der Waals surface area (Å²) >= 11 is 0. The van der Waals surface area contributed by atoms with Crippen LogP contribution in [0.3, 0.4) is 0 Å². The van der Waals surface area contributed by atoms with Gasteiger partial charge >= 0.3 is 0 Å². The Morgan fingerprint density at radius 2 is 1.88 bits per heavy atom. The van der Waals surface area contributed by atoms with Gasteiger partial charge in [-0.2, -0.15) is 5.10 Å². The van der Waals surface area contributed by atoms with E-state index in [0.29, 0.717) is 32.4 Å². The lowest BCUT2D eigenvalue weighted by atomic mass is 9.80.